The second-order valence-corrected chi connectivity index (χ2v) is 8.25. The molecule has 1 aliphatic carbocycles. The summed E-state index contributed by atoms with van der Waals surface area (Å²) in [7, 11) is 1.66. The van der Waals surface area contributed by atoms with Gasteiger partial charge >= 0.3 is 5.97 Å². The summed E-state index contributed by atoms with van der Waals surface area (Å²) in [5.74, 6) is 2.40. The summed E-state index contributed by atoms with van der Waals surface area (Å²) in [5, 5.41) is 7.28. The number of carbonyl (C=O) groups excluding carboxylic acids is 1. The van der Waals surface area contributed by atoms with E-state index in [4.69, 9.17) is 9.47 Å². The summed E-state index contributed by atoms with van der Waals surface area (Å²) >= 11 is 0. The van der Waals surface area contributed by atoms with Crippen LogP contribution in [0.2, 0.25) is 0 Å². The van der Waals surface area contributed by atoms with Gasteiger partial charge in [0, 0.05) is 17.4 Å². The number of aromatic amines is 1. The van der Waals surface area contributed by atoms with Crippen LogP contribution in [-0.4, -0.2) is 52.2 Å². The first-order chi connectivity index (χ1) is 15.5. The highest BCUT2D eigenvalue weighted by Crippen LogP contribution is 2.38. The van der Waals surface area contributed by atoms with E-state index >= 15 is 0 Å². The molecule has 2 aromatic heterocycles. The number of rotatable bonds is 7. The van der Waals surface area contributed by atoms with Gasteiger partial charge in [-0.25, -0.2) is 20.2 Å². The first-order valence-corrected chi connectivity index (χ1v) is 11.1. The van der Waals surface area contributed by atoms with Gasteiger partial charge in [0.05, 0.1) is 25.1 Å². The Labute approximate surface area is 186 Å². The first kappa shape index (κ1) is 20.6. The number of ether oxygens (including phenoxy) is 2. The average molecular weight is 437 g/mol. The molecule has 3 N–H and O–H groups in total. The van der Waals surface area contributed by atoms with E-state index in [0.717, 1.165) is 40.0 Å². The third-order valence-corrected chi connectivity index (χ3v) is 6.05. The Bertz CT molecular complexity index is 1230. The number of H-pyrrole nitrogens is 1. The summed E-state index contributed by atoms with van der Waals surface area (Å²) in [6.07, 6.45) is 4.69. The molecule has 0 amide bonds. The standard InChI is InChI=1S/C23H28N6O3/c1-5-29-18(11-15(28-29)13-7-8-13)25-21-19-14-10-17(31-4)12(3)9-16(14)24-20(19)26-22(27-21)23(30)32-6-2/h9-11,13,15,28H,5-8H2,1-4H3,(H2,24,25,26,27). The topological polar surface area (TPSA) is 104 Å². The van der Waals surface area contributed by atoms with Crippen molar-refractivity contribution in [3.8, 4) is 5.75 Å². The molecule has 1 saturated carbocycles. The summed E-state index contributed by atoms with van der Waals surface area (Å²) in [6, 6.07) is 4.31. The van der Waals surface area contributed by atoms with Gasteiger partial charge in [-0.05, 0) is 63.3 Å². The normalized spacial score (nSPS) is 18.3. The van der Waals surface area contributed by atoms with Crippen molar-refractivity contribution in [1.82, 2.24) is 25.4 Å². The van der Waals surface area contributed by atoms with Crippen LogP contribution in [0.25, 0.3) is 21.9 Å². The van der Waals surface area contributed by atoms with Crippen molar-refractivity contribution in [2.75, 3.05) is 25.6 Å². The number of esters is 1. The number of hydrogen-bond donors (Lipinski definition) is 3. The third kappa shape index (κ3) is 3.52. The van der Waals surface area contributed by atoms with Crippen LogP contribution in [0.15, 0.2) is 24.0 Å². The molecule has 0 spiro atoms. The second kappa shape index (κ2) is 7.98. The van der Waals surface area contributed by atoms with Gasteiger partial charge < -0.3 is 19.8 Å². The zero-order valence-corrected chi connectivity index (χ0v) is 18.8. The lowest BCUT2D eigenvalue weighted by Gasteiger charge is -2.23. The Hall–Kier alpha value is -3.33. The van der Waals surface area contributed by atoms with Crippen LogP contribution in [0, 0.1) is 12.8 Å². The molecule has 0 saturated heterocycles. The van der Waals surface area contributed by atoms with E-state index < -0.39 is 5.97 Å². The largest absolute Gasteiger partial charge is 0.496 e. The Morgan fingerprint density at radius 1 is 1.28 bits per heavy atom. The molecule has 32 heavy (non-hydrogen) atoms. The zero-order valence-electron chi connectivity index (χ0n) is 18.8. The maximum atomic E-state index is 12.5. The molecule has 3 heterocycles. The van der Waals surface area contributed by atoms with E-state index in [1.54, 1.807) is 14.0 Å². The number of hydrazine groups is 1. The molecule has 9 nitrogen and oxygen atoms in total. The lowest BCUT2D eigenvalue weighted by atomic mass is 10.1. The van der Waals surface area contributed by atoms with Crippen LogP contribution < -0.4 is 15.5 Å². The molecule has 1 unspecified atom stereocenters. The fourth-order valence-corrected chi connectivity index (χ4v) is 4.27. The van der Waals surface area contributed by atoms with Gasteiger partial charge in [0.2, 0.25) is 5.82 Å². The van der Waals surface area contributed by atoms with E-state index in [9.17, 15) is 4.79 Å². The maximum Gasteiger partial charge on any atom is 0.376 e. The number of aryl methyl sites for hydroxylation is 1. The summed E-state index contributed by atoms with van der Waals surface area (Å²) < 4.78 is 10.7. The van der Waals surface area contributed by atoms with Crippen LogP contribution in [0.5, 0.6) is 5.75 Å². The van der Waals surface area contributed by atoms with E-state index in [-0.39, 0.29) is 12.4 Å². The number of nitrogens with zero attached hydrogens (tertiary/aromatic N) is 3. The Kier molecular flexibility index (Phi) is 5.13. The Morgan fingerprint density at radius 2 is 2.09 bits per heavy atom. The van der Waals surface area contributed by atoms with Crippen molar-refractivity contribution in [3.63, 3.8) is 0 Å². The van der Waals surface area contributed by atoms with E-state index in [2.05, 4.69) is 43.7 Å². The van der Waals surface area contributed by atoms with Crippen LogP contribution in [-0.2, 0) is 4.74 Å². The van der Waals surface area contributed by atoms with Gasteiger partial charge in [0.15, 0.2) is 0 Å². The quantitative estimate of drug-likeness (QED) is 0.484. The fraction of sp³-hybridized carbons (Fsp3) is 0.435. The molecule has 0 bridgehead atoms. The molecule has 1 aliphatic heterocycles. The van der Waals surface area contributed by atoms with Crippen molar-refractivity contribution in [2.45, 2.75) is 39.7 Å². The molecular formula is C23H28N6O3. The number of benzene rings is 1. The fourth-order valence-electron chi connectivity index (χ4n) is 4.27. The molecule has 3 aromatic rings. The molecule has 1 atom stereocenters. The predicted molar refractivity (Wildman–Crippen MR) is 122 cm³/mol. The highest BCUT2D eigenvalue weighted by molar-refractivity contribution is 6.12. The van der Waals surface area contributed by atoms with E-state index in [1.807, 2.05) is 19.1 Å². The minimum absolute atomic E-state index is 0.0189. The van der Waals surface area contributed by atoms with Gasteiger partial charge in [-0.3, -0.25) is 5.01 Å². The van der Waals surface area contributed by atoms with Crippen molar-refractivity contribution >= 4 is 33.7 Å². The number of aromatic nitrogens is 3. The molecular weight excluding hydrogens is 408 g/mol. The predicted octanol–water partition coefficient (Wildman–Crippen LogP) is 3.48. The molecule has 2 aliphatic rings. The maximum absolute atomic E-state index is 12.5. The van der Waals surface area contributed by atoms with Gasteiger partial charge in [-0.15, -0.1) is 0 Å². The summed E-state index contributed by atoms with van der Waals surface area (Å²) in [6.45, 7) is 6.90. The number of hydrogen-bond acceptors (Lipinski definition) is 8. The zero-order chi connectivity index (χ0) is 22.4. The van der Waals surface area contributed by atoms with E-state index in [1.165, 1.54) is 12.8 Å². The third-order valence-electron chi connectivity index (χ3n) is 6.05. The lowest BCUT2D eigenvalue weighted by molar-refractivity contribution is 0.0512. The molecule has 5 rings (SSSR count). The van der Waals surface area contributed by atoms with Crippen molar-refractivity contribution < 1.29 is 14.3 Å². The molecule has 1 aromatic carbocycles. The van der Waals surface area contributed by atoms with Gasteiger partial charge in [-0.1, -0.05) is 0 Å². The smallest absolute Gasteiger partial charge is 0.376 e. The van der Waals surface area contributed by atoms with Crippen LogP contribution >= 0.6 is 0 Å². The van der Waals surface area contributed by atoms with Crippen molar-refractivity contribution in [1.29, 1.82) is 0 Å². The van der Waals surface area contributed by atoms with Crippen LogP contribution in [0.3, 0.4) is 0 Å². The van der Waals surface area contributed by atoms with Gasteiger partial charge in [0.25, 0.3) is 0 Å². The highest BCUT2D eigenvalue weighted by Gasteiger charge is 2.35. The number of fused-ring (bicyclic) bond motifs is 3. The molecule has 168 valence electrons. The Balaban J connectivity index is 1.66. The SMILES string of the molecule is CCOC(=O)c1nc(NC2=CC(C3CC3)NN2CC)c2c(n1)[nH]c1cc(C)c(OC)cc12. The summed E-state index contributed by atoms with van der Waals surface area (Å²) in [5.41, 5.74) is 6.03. The van der Waals surface area contributed by atoms with Gasteiger partial charge in [0.1, 0.15) is 23.0 Å². The highest BCUT2D eigenvalue weighted by atomic mass is 16.5. The molecule has 9 heteroatoms. The minimum Gasteiger partial charge on any atom is -0.496 e. The van der Waals surface area contributed by atoms with Crippen LogP contribution in [0.1, 0.15) is 42.9 Å². The average Bonchev–Trinajstić information content (AvgIpc) is 3.46. The van der Waals surface area contributed by atoms with Gasteiger partial charge in [-0.2, -0.15) is 0 Å². The summed E-state index contributed by atoms with van der Waals surface area (Å²) in [4.78, 5) is 24.9. The van der Waals surface area contributed by atoms with Crippen molar-refractivity contribution in [2.24, 2.45) is 5.92 Å². The number of nitrogens with one attached hydrogen (secondary N) is 3. The second-order valence-electron chi connectivity index (χ2n) is 8.25. The number of anilines is 1. The molecule has 0 radical (unpaired) electrons. The number of carbonyl (C=O) groups is 1. The monoisotopic (exact) mass is 436 g/mol. The first-order valence-electron chi connectivity index (χ1n) is 11.1. The lowest BCUT2D eigenvalue weighted by Crippen LogP contribution is -2.39. The van der Waals surface area contributed by atoms with Crippen LogP contribution in [0.4, 0.5) is 5.82 Å². The number of methoxy groups -OCH3 is 1. The van der Waals surface area contributed by atoms with E-state index in [0.29, 0.717) is 23.4 Å². The van der Waals surface area contributed by atoms with Crippen molar-refractivity contribution in [3.05, 3.63) is 35.4 Å². The Morgan fingerprint density at radius 3 is 2.78 bits per heavy atom. The molecule has 1 fully saturated rings. The minimum atomic E-state index is -0.549.